The van der Waals surface area contributed by atoms with E-state index in [4.69, 9.17) is 4.74 Å². The Bertz CT molecular complexity index is 1100. The molecule has 1 aromatic heterocycles. The van der Waals surface area contributed by atoms with Gasteiger partial charge >= 0.3 is 7.05 Å². The Hall–Kier alpha value is -3.17. The lowest BCUT2D eigenvalue weighted by atomic mass is 9.71. The molecule has 1 aliphatic heterocycles. The van der Waals surface area contributed by atoms with Crippen molar-refractivity contribution in [3.8, 4) is 5.75 Å². The lowest BCUT2D eigenvalue weighted by molar-refractivity contribution is 0.0672. The van der Waals surface area contributed by atoms with Crippen LogP contribution < -0.4 is 20.9 Å². The highest BCUT2D eigenvalue weighted by atomic mass is 16.5. The van der Waals surface area contributed by atoms with E-state index in [-0.39, 0.29) is 12.2 Å². The van der Waals surface area contributed by atoms with Crippen molar-refractivity contribution in [1.29, 1.82) is 0 Å². The van der Waals surface area contributed by atoms with Crippen molar-refractivity contribution in [2.45, 2.75) is 37.9 Å². The number of nitrogens with zero attached hydrogens (tertiary/aromatic N) is 3. The van der Waals surface area contributed by atoms with Gasteiger partial charge in [-0.2, -0.15) is 5.10 Å². The highest BCUT2D eigenvalue weighted by Crippen LogP contribution is 2.29. The maximum absolute atomic E-state index is 10.1. The average molecular weight is 403 g/mol. The molecule has 1 aliphatic carbocycles. The van der Waals surface area contributed by atoms with Crippen molar-refractivity contribution in [3.05, 3.63) is 48.2 Å². The predicted molar refractivity (Wildman–Crippen MR) is 116 cm³/mol. The molecule has 5 rings (SSSR count). The van der Waals surface area contributed by atoms with Crippen molar-refractivity contribution in [1.82, 2.24) is 15.3 Å². The predicted octanol–water partition coefficient (Wildman–Crippen LogP) is 1.68. The number of para-hydroxylation sites is 1. The monoisotopic (exact) mass is 403 g/mol. The second-order valence-electron chi connectivity index (χ2n) is 7.69. The summed E-state index contributed by atoms with van der Waals surface area (Å²) in [6, 6.07) is 11.4. The minimum atomic E-state index is -0.849. The second-order valence-corrected chi connectivity index (χ2v) is 7.69. The number of aliphatic hydroxyl groups is 1. The van der Waals surface area contributed by atoms with E-state index in [0.717, 1.165) is 59.0 Å². The first-order valence-electron chi connectivity index (χ1n) is 10.1. The molecule has 9 heteroatoms. The molecule has 0 bridgehead atoms. The summed E-state index contributed by atoms with van der Waals surface area (Å²) in [6.45, 7) is 0. The molecule has 1 saturated carbocycles. The number of anilines is 2. The van der Waals surface area contributed by atoms with Crippen LogP contribution in [0.15, 0.2) is 47.7 Å². The maximum atomic E-state index is 10.1. The summed E-state index contributed by atoms with van der Waals surface area (Å²) in [5.41, 5.74) is 3.11. The normalized spacial score (nSPS) is 20.5. The van der Waals surface area contributed by atoms with Gasteiger partial charge in [0.15, 0.2) is 0 Å². The number of benzene rings is 2. The number of aromatic nitrogens is 2. The molecule has 2 aliphatic rings. The van der Waals surface area contributed by atoms with Crippen LogP contribution in [0.4, 0.5) is 11.6 Å². The molecular formula is C21H22BN5O3. The minimum Gasteiger partial charge on any atom is -0.488 e. The Kier molecular flexibility index (Phi) is 4.98. The van der Waals surface area contributed by atoms with Crippen LogP contribution in [0.3, 0.4) is 0 Å². The molecule has 0 spiro atoms. The Morgan fingerprint density at radius 3 is 2.87 bits per heavy atom. The third-order valence-electron chi connectivity index (χ3n) is 5.55. The fourth-order valence-corrected chi connectivity index (χ4v) is 3.91. The fraction of sp³-hybridized carbons (Fsp3) is 0.286. The molecule has 0 saturated heterocycles. The molecule has 3 aromatic rings. The van der Waals surface area contributed by atoms with Crippen LogP contribution in [-0.2, 0) is 0 Å². The Labute approximate surface area is 174 Å². The van der Waals surface area contributed by atoms with Crippen LogP contribution in [0, 0.1) is 0 Å². The first-order valence-corrected chi connectivity index (χ1v) is 10.1. The molecule has 0 atom stereocenters. The molecular weight excluding hydrogens is 381 g/mol. The Morgan fingerprint density at radius 2 is 2.00 bits per heavy atom. The minimum absolute atomic E-state index is 0.0849. The van der Waals surface area contributed by atoms with Gasteiger partial charge in [0.1, 0.15) is 11.3 Å². The third kappa shape index (κ3) is 3.81. The highest BCUT2D eigenvalue weighted by molar-refractivity contribution is 6.65. The molecule has 0 unspecified atom stereocenters. The van der Waals surface area contributed by atoms with E-state index >= 15 is 0 Å². The van der Waals surface area contributed by atoms with Gasteiger partial charge in [0.05, 0.1) is 18.4 Å². The molecule has 4 N–H and O–H groups in total. The van der Waals surface area contributed by atoms with Gasteiger partial charge in [-0.1, -0.05) is 18.2 Å². The summed E-state index contributed by atoms with van der Waals surface area (Å²) in [5.74, 6) is 1.17. The van der Waals surface area contributed by atoms with Gasteiger partial charge in [-0.25, -0.2) is 9.97 Å². The zero-order valence-electron chi connectivity index (χ0n) is 16.3. The lowest BCUT2D eigenvalue weighted by Gasteiger charge is -2.26. The second kappa shape index (κ2) is 7.93. The molecule has 1 fully saturated rings. The average Bonchev–Trinajstić information content (AvgIpc) is 2.76. The maximum Gasteiger partial charge on any atom is 0.464 e. The first-order chi connectivity index (χ1) is 14.7. The van der Waals surface area contributed by atoms with Gasteiger partial charge in [-0.3, -0.25) is 0 Å². The number of hydrogen-bond acceptors (Lipinski definition) is 8. The van der Waals surface area contributed by atoms with E-state index in [2.05, 4.69) is 25.7 Å². The van der Waals surface area contributed by atoms with Crippen LogP contribution in [0.2, 0.25) is 0 Å². The van der Waals surface area contributed by atoms with Gasteiger partial charge in [0.25, 0.3) is 0 Å². The summed E-state index contributed by atoms with van der Waals surface area (Å²) >= 11 is 0. The molecule has 2 heterocycles. The van der Waals surface area contributed by atoms with Gasteiger partial charge in [0, 0.05) is 17.3 Å². The van der Waals surface area contributed by atoms with Gasteiger partial charge in [0.2, 0.25) is 5.95 Å². The zero-order chi connectivity index (χ0) is 20.5. The van der Waals surface area contributed by atoms with Crippen LogP contribution in [0.1, 0.15) is 31.2 Å². The summed E-state index contributed by atoms with van der Waals surface area (Å²) in [7, 11) is -0.849. The molecule has 0 amide bonds. The summed E-state index contributed by atoms with van der Waals surface area (Å²) in [5, 5.41) is 30.5. The van der Waals surface area contributed by atoms with E-state index in [9.17, 15) is 10.1 Å². The first kappa shape index (κ1) is 18.8. The van der Waals surface area contributed by atoms with Crippen molar-refractivity contribution >= 4 is 41.3 Å². The number of hydrazone groups is 1. The van der Waals surface area contributed by atoms with E-state index in [1.54, 1.807) is 12.4 Å². The SMILES string of the molecule is OB1NN=Cc2ccc(Nc3ncc4cccc(OC5CCC(O)CC5)c4n3)cc21. The molecule has 30 heavy (non-hydrogen) atoms. The van der Waals surface area contributed by atoms with Gasteiger partial charge < -0.3 is 25.5 Å². The van der Waals surface area contributed by atoms with E-state index in [1.807, 2.05) is 36.4 Å². The standard InChI is InChI=1S/C21H22BN5O3/c28-16-6-8-17(9-7-16)30-19-3-1-2-14-11-23-21(26-20(14)19)25-15-5-4-13-12-24-27-22(29)18(13)10-15/h1-5,10-12,16-17,27-29H,6-9H2,(H,23,25,26). The number of rotatable bonds is 4. The highest BCUT2D eigenvalue weighted by Gasteiger charge is 2.23. The summed E-state index contributed by atoms with van der Waals surface area (Å²) < 4.78 is 6.23. The fourth-order valence-electron chi connectivity index (χ4n) is 3.91. The van der Waals surface area contributed by atoms with E-state index < -0.39 is 7.05 Å². The molecule has 2 aromatic carbocycles. The third-order valence-corrected chi connectivity index (χ3v) is 5.55. The number of ether oxygens (including phenoxy) is 1. The van der Waals surface area contributed by atoms with Gasteiger partial charge in [-0.05, 0) is 54.9 Å². The van der Waals surface area contributed by atoms with Crippen LogP contribution in [0.25, 0.3) is 10.9 Å². The molecule has 8 nitrogen and oxygen atoms in total. The Morgan fingerprint density at radius 1 is 1.13 bits per heavy atom. The van der Waals surface area contributed by atoms with Crippen LogP contribution in [0.5, 0.6) is 5.75 Å². The smallest absolute Gasteiger partial charge is 0.464 e. The van der Waals surface area contributed by atoms with E-state index in [1.165, 1.54) is 0 Å². The van der Waals surface area contributed by atoms with Gasteiger partial charge in [-0.15, -0.1) is 0 Å². The summed E-state index contributed by atoms with van der Waals surface area (Å²) in [6.07, 6.45) is 6.51. The number of nitrogens with one attached hydrogen (secondary N) is 2. The van der Waals surface area contributed by atoms with Crippen molar-refractivity contribution < 1.29 is 14.9 Å². The van der Waals surface area contributed by atoms with Crippen molar-refractivity contribution in [2.75, 3.05) is 5.32 Å². The number of fused-ring (bicyclic) bond motifs is 2. The molecule has 152 valence electrons. The number of hydrogen-bond donors (Lipinski definition) is 4. The van der Waals surface area contributed by atoms with Crippen molar-refractivity contribution in [2.24, 2.45) is 5.10 Å². The summed E-state index contributed by atoms with van der Waals surface area (Å²) in [4.78, 5) is 9.10. The lowest BCUT2D eigenvalue weighted by Crippen LogP contribution is -2.46. The van der Waals surface area contributed by atoms with Crippen LogP contribution >= 0.6 is 0 Å². The van der Waals surface area contributed by atoms with Crippen LogP contribution in [-0.4, -0.2) is 45.6 Å². The largest absolute Gasteiger partial charge is 0.488 e. The zero-order valence-corrected chi connectivity index (χ0v) is 16.3. The topological polar surface area (TPSA) is 112 Å². The quantitative estimate of drug-likeness (QED) is 0.491. The molecule has 0 radical (unpaired) electrons. The Balaban J connectivity index is 1.40. The van der Waals surface area contributed by atoms with E-state index in [0.29, 0.717) is 5.95 Å². The van der Waals surface area contributed by atoms with Crippen molar-refractivity contribution in [3.63, 3.8) is 0 Å². The number of aliphatic hydroxyl groups excluding tert-OH is 1.